The van der Waals surface area contributed by atoms with Crippen molar-refractivity contribution in [1.29, 1.82) is 0 Å². The molecule has 0 aromatic heterocycles. The number of hydrogen-bond donors (Lipinski definition) is 1. The molecule has 0 spiro atoms. The third kappa shape index (κ3) is 4.13. The molecule has 1 N–H and O–H groups in total. The lowest BCUT2D eigenvalue weighted by molar-refractivity contribution is -0.143. The van der Waals surface area contributed by atoms with E-state index in [9.17, 15) is 9.59 Å². The fourth-order valence-corrected chi connectivity index (χ4v) is 2.74. The number of carbonyl (C=O) groups excluding carboxylic acids is 2. The Morgan fingerprint density at radius 3 is 2.56 bits per heavy atom. The van der Waals surface area contributed by atoms with Crippen LogP contribution in [0.2, 0.25) is 10.0 Å². The average Bonchev–Trinajstić information content (AvgIpc) is 2.62. The first-order valence-corrected chi connectivity index (χ1v) is 8.13. The molecule has 128 valence electrons. The Labute approximate surface area is 154 Å². The summed E-state index contributed by atoms with van der Waals surface area (Å²) in [5, 5.41) is 3.12. The minimum absolute atomic E-state index is 0.0911. The molecule has 0 fully saturated rings. The zero-order valence-electron chi connectivity index (χ0n) is 12.9. The van der Waals surface area contributed by atoms with E-state index in [0.717, 1.165) is 5.56 Å². The monoisotopic (exact) mass is 377 g/mol. The van der Waals surface area contributed by atoms with Gasteiger partial charge in [0.1, 0.15) is 12.4 Å². The number of carbonyl (C=O) groups is 2. The molecule has 0 atom stereocenters. The lowest BCUT2D eigenvalue weighted by Gasteiger charge is -2.17. The summed E-state index contributed by atoms with van der Waals surface area (Å²) in [7, 11) is 0. The zero-order valence-corrected chi connectivity index (χ0v) is 14.4. The minimum atomic E-state index is -0.616. The molecule has 0 aliphatic carbocycles. The first kappa shape index (κ1) is 17.3. The molecule has 2 aromatic carbocycles. The lowest BCUT2D eigenvalue weighted by atomic mass is 10.1. The molecule has 0 radical (unpaired) electrons. The quantitative estimate of drug-likeness (QED) is 0.819. The Kier molecular flexibility index (Phi) is 5.26. The van der Waals surface area contributed by atoms with Crippen LogP contribution in [0.15, 0.2) is 48.0 Å². The molecule has 0 saturated heterocycles. The third-order valence-electron chi connectivity index (χ3n) is 3.46. The van der Waals surface area contributed by atoms with E-state index in [-0.39, 0.29) is 12.3 Å². The number of para-hydroxylation sites is 2. The van der Waals surface area contributed by atoms with Gasteiger partial charge in [0.15, 0.2) is 6.61 Å². The van der Waals surface area contributed by atoms with Crippen LogP contribution < -0.4 is 10.1 Å². The second-order valence-electron chi connectivity index (χ2n) is 5.22. The Balaban J connectivity index is 1.59. The van der Waals surface area contributed by atoms with Gasteiger partial charge >= 0.3 is 5.97 Å². The number of nitrogens with one attached hydrogen (secondary N) is 1. The maximum atomic E-state index is 12.1. The Hall–Kier alpha value is -2.50. The van der Waals surface area contributed by atoms with Gasteiger partial charge in [0, 0.05) is 5.56 Å². The van der Waals surface area contributed by atoms with Crippen LogP contribution >= 0.6 is 23.2 Å². The smallest absolute Gasteiger partial charge is 0.338 e. The Morgan fingerprint density at radius 2 is 1.80 bits per heavy atom. The Morgan fingerprint density at radius 1 is 1.08 bits per heavy atom. The number of halogens is 2. The van der Waals surface area contributed by atoms with Crippen molar-refractivity contribution in [2.75, 3.05) is 18.5 Å². The van der Waals surface area contributed by atoms with Crippen molar-refractivity contribution >= 4 is 46.8 Å². The predicted molar refractivity (Wildman–Crippen MR) is 96.0 cm³/mol. The fourth-order valence-electron chi connectivity index (χ4n) is 2.25. The number of esters is 1. The summed E-state index contributed by atoms with van der Waals surface area (Å²) in [6.45, 7) is -0.368. The largest absolute Gasteiger partial charge is 0.488 e. The molecule has 1 aliphatic rings. The molecular formula is C18H13Cl2NO4. The SMILES string of the molecule is O=C(COC(=O)C1=Cc2ccccc2OC1)Nc1c(Cl)cccc1Cl. The van der Waals surface area contributed by atoms with E-state index in [1.807, 2.05) is 24.3 Å². The van der Waals surface area contributed by atoms with Gasteiger partial charge in [0.2, 0.25) is 0 Å². The maximum absolute atomic E-state index is 12.1. The number of benzene rings is 2. The molecule has 2 aromatic rings. The Bertz CT molecular complexity index is 844. The minimum Gasteiger partial charge on any atom is -0.488 e. The fraction of sp³-hybridized carbons (Fsp3) is 0.111. The summed E-state index contributed by atoms with van der Waals surface area (Å²) < 4.78 is 10.5. The zero-order chi connectivity index (χ0) is 17.8. The molecular weight excluding hydrogens is 365 g/mol. The standard InChI is InChI=1S/C18H13Cl2NO4/c19-13-5-3-6-14(20)17(13)21-16(22)10-25-18(23)12-8-11-4-1-2-7-15(11)24-9-12/h1-8H,9-10H2,(H,21,22). The molecule has 0 unspecified atom stereocenters. The summed E-state index contributed by atoms with van der Waals surface area (Å²) in [6.07, 6.45) is 1.68. The van der Waals surface area contributed by atoms with Gasteiger partial charge in [-0.05, 0) is 24.3 Å². The van der Waals surface area contributed by atoms with E-state index in [2.05, 4.69) is 5.32 Å². The van der Waals surface area contributed by atoms with E-state index >= 15 is 0 Å². The van der Waals surface area contributed by atoms with E-state index in [1.54, 1.807) is 24.3 Å². The van der Waals surface area contributed by atoms with Crippen molar-refractivity contribution in [3.63, 3.8) is 0 Å². The van der Waals surface area contributed by atoms with Gasteiger partial charge in [-0.3, -0.25) is 4.79 Å². The van der Waals surface area contributed by atoms with Gasteiger partial charge in [-0.15, -0.1) is 0 Å². The molecule has 0 bridgehead atoms. The second-order valence-corrected chi connectivity index (χ2v) is 6.03. The molecule has 3 rings (SSSR count). The number of ether oxygens (including phenoxy) is 2. The van der Waals surface area contributed by atoms with E-state index < -0.39 is 18.5 Å². The van der Waals surface area contributed by atoms with Crippen molar-refractivity contribution in [2.24, 2.45) is 0 Å². The van der Waals surface area contributed by atoms with Crippen molar-refractivity contribution in [3.05, 3.63) is 63.6 Å². The molecule has 7 heteroatoms. The van der Waals surface area contributed by atoms with Crippen LogP contribution in [-0.2, 0) is 14.3 Å². The summed E-state index contributed by atoms with van der Waals surface area (Å²) in [5.74, 6) is -0.457. The van der Waals surface area contributed by atoms with Gasteiger partial charge in [-0.1, -0.05) is 47.5 Å². The highest BCUT2D eigenvalue weighted by Crippen LogP contribution is 2.30. The van der Waals surface area contributed by atoms with Gasteiger partial charge in [0.05, 0.1) is 21.3 Å². The number of anilines is 1. The van der Waals surface area contributed by atoms with Crippen LogP contribution in [-0.4, -0.2) is 25.1 Å². The maximum Gasteiger partial charge on any atom is 0.338 e. The molecule has 1 amide bonds. The van der Waals surface area contributed by atoms with Crippen LogP contribution in [0.5, 0.6) is 5.75 Å². The molecule has 1 heterocycles. The van der Waals surface area contributed by atoms with Crippen molar-refractivity contribution < 1.29 is 19.1 Å². The number of amides is 1. The lowest BCUT2D eigenvalue weighted by Crippen LogP contribution is -2.24. The summed E-state index contributed by atoms with van der Waals surface area (Å²) in [5.41, 5.74) is 1.40. The van der Waals surface area contributed by atoms with Crippen molar-refractivity contribution in [3.8, 4) is 5.75 Å². The highest BCUT2D eigenvalue weighted by molar-refractivity contribution is 6.39. The van der Waals surface area contributed by atoms with E-state index in [4.69, 9.17) is 32.7 Å². The highest BCUT2D eigenvalue weighted by atomic mass is 35.5. The van der Waals surface area contributed by atoms with Gasteiger partial charge in [-0.25, -0.2) is 4.79 Å². The topological polar surface area (TPSA) is 64.6 Å². The van der Waals surface area contributed by atoms with Crippen molar-refractivity contribution in [1.82, 2.24) is 0 Å². The second kappa shape index (κ2) is 7.59. The van der Waals surface area contributed by atoms with Crippen LogP contribution in [0.4, 0.5) is 5.69 Å². The van der Waals surface area contributed by atoms with Crippen molar-refractivity contribution in [2.45, 2.75) is 0 Å². The molecule has 0 saturated carbocycles. The number of fused-ring (bicyclic) bond motifs is 1. The van der Waals surface area contributed by atoms with Crippen LogP contribution in [0.25, 0.3) is 6.08 Å². The summed E-state index contributed by atoms with van der Waals surface area (Å²) in [6, 6.07) is 12.2. The average molecular weight is 378 g/mol. The van der Waals surface area contributed by atoms with E-state index in [0.29, 0.717) is 21.4 Å². The number of hydrogen-bond acceptors (Lipinski definition) is 4. The summed E-state index contributed by atoms with van der Waals surface area (Å²) in [4.78, 5) is 24.0. The van der Waals surface area contributed by atoms with Crippen LogP contribution in [0.3, 0.4) is 0 Å². The van der Waals surface area contributed by atoms with Crippen LogP contribution in [0, 0.1) is 0 Å². The summed E-state index contributed by atoms with van der Waals surface area (Å²) >= 11 is 11.9. The number of rotatable bonds is 4. The first-order chi connectivity index (χ1) is 12.0. The molecule has 25 heavy (non-hydrogen) atoms. The van der Waals surface area contributed by atoms with Gasteiger partial charge < -0.3 is 14.8 Å². The van der Waals surface area contributed by atoms with Crippen LogP contribution in [0.1, 0.15) is 5.56 Å². The molecule has 1 aliphatic heterocycles. The predicted octanol–water partition coefficient (Wildman–Crippen LogP) is 3.95. The van der Waals surface area contributed by atoms with Gasteiger partial charge in [0.25, 0.3) is 5.91 Å². The first-order valence-electron chi connectivity index (χ1n) is 7.38. The normalized spacial score (nSPS) is 12.5. The third-order valence-corrected chi connectivity index (χ3v) is 4.09. The van der Waals surface area contributed by atoms with Gasteiger partial charge in [-0.2, -0.15) is 0 Å². The molecule has 5 nitrogen and oxygen atoms in total. The highest BCUT2D eigenvalue weighted by Gasteiger charge is 2.19. The van der Waals surface area contributed by atoms with E-state index in [1.165, 1.54) is 0 Å².